The molecule has 96 valence electrons. The molecule has 0 radical (unpaired) electrons. The van der Waals surface area contributed by atoms with Crippen molar-refractivity contribution >= 4 is 11.9 Å². The normalized spacial score (nSPS) is 16.5. The first-order valence-corrected chi connectivity index (χ1v) is 6.08. The molecule has 0 amide bonds. The van der Waals surface area contributed by atoms with Crippen LogP contribution < -0.4 is 10.9 Å². The number of piperidine rings is 1. The second-order valence-electron chi connectivity index (χ2n) is 4.51. The van der Waals surface area contributed by atoms with E-state index >= 15 is 0 Å². The van der Waals surface area contributed by atoms with Gasteiger partial charge in [-0.1, -0.05) is 13.2 Å². The second-order valence-corrected chi connectivity index (χ2v) is 4.51. The third-order valence-electron chi connectivity index (χ3n) is 3.38. The van der Waals surface area contributed by atoms with E-state index in [4.69, 9.17) is 0 Å². The molecule has 0 bridgehead atoms. The van der Waals surface area contributed by atoms with Crippen LogP contribution in [0.25, 0.3) is 11.9 Å². The van der Waals surface area contributed by atoms with Crippen LogP contribution in [0.15, 0.2) is 24.0 Å². The van der Waals surface area contributed by atoms with Crippen LogP contribution in [0.4, 0.5) is 4.39 Å². The van der Waals surface area contributed by atoms with Crippen molar-refractivity contribution in [1.82, 2.24) is 10.3 Å². The van der Waals surface area contributed by atoms with Gasteiger partial charge < -0.3 is 10.3 Å². The quantitative estimate of drug-likeness (QED) is 0.863. The maximum absolute atomic E-state index is 13.4. The number of rotatable bonds is 3. The summed E-state index contributed by atoms with van der Waals surface area (Å²) in [6.45, 7) is 8.65. The summed E-state index contributed by atoms with van der Waals surface area (Å²) in [4.78, 5) is 14.7. The van der Waals surface area contributed by atoms with Gasteiger partial charge in [0.25, 0.3) is 5.56 Å². The van der Waals surface area contributed by atoms with Crippen molar-refractivity contribution < 1.29 is 4.39 Å². The summed E-state index contributed by atoms with van der Waals surface area (Å²) in [5, 5.41) is 3.24. The molecule has 0 atom stereocenters. The van der Waals surface area contributed by atoms with Gasteiger partial charge in [0.1, 0.15) is 5.83 Å². The summed E-state index contributed by atoms with van der Waals surface area (Å²) in [5.41, 5.74) is 1.22. The number of hydrogen-bond donors (Lipinski definition) is 2. The smallest absolute Gasteiger partial charge is 0.251 e. The first-order chi connectivity index (χ1) is 8.63. The van der Waals surface area contributed by atoms with E-state index in [9.17, 15) is 9.18 Å². The van der Waals surface area contributed by atoms with Crippen molar-refractivity contribution in [3.8, 4) is 0 Å². The van der Waals surface area contributed by atoms with E-state index in [1.165, 1.54) is 6.08 Å². The predicted molar refractivity (Wildman–Crippen MR) is 72.1 cm³/mol. The molecule has 1 aromatic heterocycles. The number of hydrogen-bond acceptors (Lipinski definition) is 2. The highest BCUT2D eigenvalue weighted by Crippen LogP contribution is 2.26. The van der Waals surface area contributed by atoms with Crippen LogP contribution in [-0.2, 0) is 0 Å². The Kier molecular flexibility index (Phi) is 3.77. The molecule has 4 heteroatoms. The van der Waals surface area contributed by atoms with E-state index in [0.29, 0.717) is 16.8 Å². The Labute approximate surface area is 105 Å². The molecule has 3 nitrogen and oxygen atoms in total. The maximum Gasteiger partial charge on any atom is 0.251 e. The van der Waals surface area contributed by atoms with Crippen LogP contribution in [0.3, 0.4) is 0 Å². The number of aromatic nitrogens is 1. The molecule has 1 aliphatic rings. The first-order valence-electron chi connectivity index (χ1n) is 6.08. The van der Waals surface area contributed by atoms with Crippen LogP contribution in [0, 0.1) is 0 Å². The van der Waals surface area contributed by atoms with Crippen molar-refractivity contribution in [1.29, 1.82) is 0 Å². The molecule has 1 saturated heterocycles. The molecule has 0 unspecified atom stereocenters. The lowest BCUT2D eigenvalue weighted by Crippen LogP contribution is -2.30. The average molecular weight is 248 g/mol. The highest BCUT2D eigenvalue weighted by atomic mass is 19.1. The van der Waals surface area contributed by atoms with Gasteiger partial charge in [0.2, 0.25) is 0 Å². The molecule has 1 fully saturated rings. The van der Waals surface area contributed by atoms with E-state index in [1.807, 2.05) is 0 Å². The number of nitrogens with one attached hydrogen (secondary N) is 2. The number of pyridine rings is 1. The Morgan fingerprint density at radius 2 is 2.11 bits per heavy atom. The SMILES string of the molecule is C=Cc1[nH]c(=O)c(C2CCNCC2)cc1C(=C)F. The van der Waals surface area contributed by atoms with Gasteiger partial charge in [-0.15, -0.1) is 0 Å². The lowest BCUT2D eigenvalue weighted by atomic mass is 9.90. The lowest BCUT2D eigenvalue weighted by molar-refractivity contribution is 0.457. The van der Waals surface area contributed by atoms with Gasteiger partial charge in [0, 0.05) is 11.1 Å². The molecule has 1 aliphatic heterocycles. The summed E-state index contributed by atoms with van der Waals surface area (Å²) in [5.74, 6) is -0.358. The van der Waals surface area contributed by atoms with Gasteiger partial charge in [0.15, 0.2) is 0 Å². The van der Waals surface area contributed by atoms with Crippen molar-refractivity contribution in [2.45, 2.75) is 18.8 Å². The average Bonchev–Trinajstić information content (AvgIpc) is 2.39. The van der Waals surface area contributed by atoms with E-state index in [0.717, 1.165) is 25.9 Å². The summed E-state index contributed by atoms with van der Waals surface area (Å²) < 4.78 is 13.4. The molecule has 2 N–H and O–H groups in total. The maximum atomic E-state index is 13.4. The Bertz CT molecular complexity index is 527. The van der Waals surface area contributed by atoms with Crippen molar-refractivity contribution in [2.24, 2.45) is 0 Å². The zero-order chi connectivity index (χ0) is 13.1. The van der Waals surface area contributed by atoms with Crippen molar-refractivity contribution in [2.75, 3.05) is 13.1 Å². The van der Waals surface area contributed by atoms with E-state index in [2.05, 4.69) is 23.5 Å². The van der Waals surface area contributed by atoms with E-state index in [1.54, 1.807) is 6.07 Å². The fourth-order valence-electron chi connectivity index (χ4n) is 2.38. The molecule has 2 rings (SSSR count). The number of aromatic amines is 1. The predicted octanol–water partition coefficient (Wildman–Crippen LogP) is 2.43. The van der Waals surface area contributed by atoms with Crippen LogP contribution >= 0.6 is 0 Å². The fourth-order valence-corrected chi connectivity index (χ4v) is 2.38. The molecule has 0 aromatic carbocycles. The Balaban J connectivity index is 2.47. The summed E-state index contributed by atoms with van der Waals surface area (Å²) >= 11 is 0. The van der Waals surface area contributed by atoms with Crippen molar-refractivity contribution in [3.05, 3.63) is 46.4 Å². The number of halogens is 1. The number of H-pyrrole nitrogens is 1. The minimum atomic E-state index is -0.545. The van der Waals surface area contributed by atoms with Crippen LogP contribution in [-0.4, -0.2) is 18.1 Å². The molecular weight excluding hydrogens is 231 g/mol. The summed E-state index contributed by atoms with van der Waals surface area (Å²) in [6.07, 6.45) is 3.23. The highest BCUT2D eigenvalue weighted by molar-refractivity contribution is 5.66. The Hall–Kier alpha value is -1.68. The second kappa shape index (κ2) is 5.31. The standard InChI is InChI=1S/C14H17FN2O/c1-3-13-11(9(2)15)8-12(14(18)17-13)10-4-6-16-7-5-10/h3,8,10,16H,1-2,4-7H2,(H,17,18). The Morgan fingerprint density at radius 1 is 1.44 bits per heavy atom. The minimum absolute atomic E-state index is 0.151. The van der Waals surface area contributed by atoms with Crippen LogP contribution in [0.5, 0.6) is 0 Å². The lowest BCUT2D eigenvalue weighted by Gasteiger charge is -2.22. The van der Waals surface area contributed by atoms with Gasteiger partial charge in [-0.25, -0.2) is 4.39 Å². The van der Waals surface area contributed by atoms with Gasteiger partial charge in [-0.05, 0) is 44.0 Å². The molecule has 0 spiro atoms. The monoisotopic (exact) mass is 248 g/mol. The molecule has 0 saturated carbocycles. The molecule has 1 aromatic rings. The first kappa shape index (κ1) is 12.8. The van der Waals surface area contributed by atoms with Gasteiger partial charge in [-0.2, -0.15) is 0 Å². The van der Waals surface area contributed by atoms with E-state index < -0.39 is 5.83 Å². The zero-order valence-corrected chi connectivity index (χ0v) is 10.3. The van der Waals surface area contributed by atoms with Crippen LogP contribution in [0.1, 0.15) is 35.6 Å². The minimum Gasteiger partial charge on any atom is -0.322 e. The molecular formula is C14H17FN2O. The third-order valence-corrected chi connectivity index (χ3v) is 3.38. The molecule has 18 heavy (non-hydrogen) atoms. The molecule has 2 heterocycles. The Morgan fingerprint density at radius 3 is 2.67 bits per heavy atom. The topological polar surface area (TPSA) is 44.9 Å². The largest absolute Gasteiger partial charge is 0.322 e. The zero-order valence-electron chi connectivity index (χ0n) is 10.3. The summed E-state index contributed by atoms with van der Waals surface area (Å²) in [6, 6.07) is 1.62. The highest BCUT2D eigenvalue weighted by Gasteiger charge is 2.20. The van der Waals surface area contributed by atoms with Crippen LogP contribution in [0.2, 0.25) is 0 Å². The van der Waals surface area contributed by atoms with Gasteiger partial charge in [0.05, 0.1) is 5.69 Å². The third kappa shape index (κ3) is 2.43. The fraction of sp³-hybridized carbons (Fsp3) is 0.357. The van der Waals surface area contributed by atoms with Gasteiger partial charge in [-0.3, -0.25) is 4.79 Å². The summed E-state index contributed by atoms with van der Waals surface area (Å²) in [7, 11) is 0. The van der Waals surface area contributed by atoms with Crippen molar-refractivity contribution in [3.63, 3.8) is 0 Å². The molecule has 0 aliphatic carbocycles. The van der Waals surface area contributed by atoms with E-state index in [-0.39, 0.29) is 11.5 Å². The van der Waals surface area contributed by atoms with Gasteiger partial charge >= 0.3 is 0 Å².